The highest BCUT2D eigenvalue weighted by Gasteiger charge is 2.20. The van der Waals surface area contributed by atoms with E-state index in [-0.39, 0.29) is 0 Å². The van der Waals surface area contributed by atoms with Gasteiger partial charge in [0.2, 0.25) is 0 Å². The lowest BCUT2D eigenvalue weighted by atomic mass is 9.85. The first kappa shape index (κ1) is 11.7. The van der Waals surface area contributed by atoms with Crippen LogP contribution < -0.4 is 0 Å². The third-order valence-electron chi connectivity index (χ3n) is 4.40. The summed E-state index contributed by atoms with van der Waals surface area (Å²) in [7, 11) is 2.23. The number of nitrogens with zero attached hydrogens (tertiary/aromatic N) is 1. The van der Waals surface area contributed by atoms with Crippen LogP contribution in [0.4, 0.5) is 0 Å². The van der Waals surface area contributed by atoms with E-state index >= 15 is 0 Å². The lowest BCUT2D eigenvalue weighted by Gasteiger charge is -2.30. The Labute approximate surface area is 109 Å². The Kier molecular flexibility index (Phi) is 3.09. The molecule has 0 radical (unpaired) electrons. The first-order valence-corrected chi connectivity index (χ1v) is 6.92. The molecule has 0 N–H and O–H groups in total. The first-order chi connectivity index (χ1) is 8.75. The number of hydrogen-bond donors (Lipinski definition) is 0. The molecule has 94 valence electrons. The molecule has 0 bridgehead atoms. The zero-order valence-corrected chi connectivity index (χ0v) is 11.3. The summed E-state index contributed by atoms with van der Waals surface area (Å²) in [6.07, 6.45) is 2.60. The monoisotopic (exact) mass is 239 g/mol. The minimum absolute atomic E-state index is 0.755. The Hall–Kier alpha value is -1.34. The van der Waals surface area contributed by atoms with Gasteiger partial charge in [-0.1, -0.05) is 36.4 Å². The molecule has 1 heteroatoms. The standard InChI is InChI=1S/C17H21N/c1-13-16-6-4-3-5-14(16)7-8-17(13)15-9-11-18(2)12-10-15/h3-8,15H,9-12H2,1-2H3. The van der Waals surface area contributed by atoms with Gasteiger partial charge in [0.05, 0.1) is 0 Å². The number of hydrogen-bond acceptors (Lipinski definition) is 1. The molecule has 0 aromatic heterocycles. The second-order valence-electron chi connectivity index (χ2n) is 5.58. The molecule has 1 nitrogen and oxygen atoms in total. The molecule has 1 saturated heterocycles. The molecular formula is C17H21N. The Morgan fingerprint density at radius 3 is 2.50 bits per heavy atom. The highest BCUT2D eigenvalue weighted by Crippen LogP contribution is 2.33. The number of fused-ring (bicyclic) bond motifs is 1. The zero-order chi connectivity index (χ0) is 12.5. The lowest BCUT2D eigenvalue weighted by Crippen LogP contribution is -2.29. The van der Waals surface area contributed by atoms with Crippen LogP contribution in [0.3, 0.4) is 0 Å². The summed E-state index contributed by atoms with van der Waals surface area (Å²) in [4.78, 5) is 2.44. The summed E-state index contributed by atoms with van der Waals surface area (Å²) in [6.45, 7) is 4.75. The number of benzene rings is 2. The van der Waals surface area contributed by atoms with Crippen molar-refractivity contribution in [2.75, 3.05) is 20.1 Å². The second kappa shape index (κ2) is 4.74. The van der Waals surface area contributed by atoms with Gasteiger partial charge in [0.1, 0.15) is 0 Å². The third-order valence-corrected chi connectivity index (χ3v) is 4.40. The number of rotatable bonds is 1. The van der Waals surface area contributed by atoms with Crippen molar-refractivity contribution in [3.63, 3.8) is 0 Å². The van der Waals surface area contributed by atoms with Crippen LogP contribution in [0.5, 0.6) is 0 Å². The van der Waals surface area contributed by atoms with Crippen molar-refractivity contribution in [3.8, 4) is 0 Å². The van der Waals surface area contributed by atoms with Crippen molar-refractivity contribution in [1.82, 2.24) is 4.90 Å². The van der Waals surface area contributed by atoms with Crippen molar-refractivity contribution < 1.29 is 0 Å². The van der Waals surface area contributed by atoms with Crippen molar-refractivity contribution in [2.45, 2.75) is 25.7 Å². The molecule has 0 aliphatic carbocycles. The van der Waals surface area contributed by atoms with E-state index in [0.717, 1.165) is 5.92 Å². The molecule has 1 aliphatic rings. The molecular weight excluding hydrogens is 218 g/mol. The summed E-state index contributed by atoms with van der Waals surface area (Å²) in [5.74, 6) is 0.755. The molecule has 0 unspecified atom stereocenters. The topological polar surface area (TPSA) is 3.24 Å². The van der Waals surface area contributed by atoms with Crippen LogP contribution in [0, 0.1) is 6.92 Å². The first-order valence-electron chi connectivity index (χ1n) is 6.92. The smallest absolute Gasteiger partial charge is 0.00159 e. The predicted molar refractivity (Wildman–Crippen MR) is 78.2 cm³/mol. The minimum atomic E-state index is 0.755. The van der Waals surface area contributed by atoms with Crippen LogP contribution >= 0.6 is 0 Å². The van der Waals surface area contributed by atoms with Gasteiger partial charge in [-0.3, -0.25) is 0 Å². The predicted octanol–water partition coefficient (Wildman–Crippen LogP) is 3.96. The summed E-state index contributed by atoms with van der Waals surface area (Å²) >= 11 is 0. The third kappa shape index (κ3) is 2.04. The maximum Gasteiger partial charge on any atom is -0.00159 e. The zero-order valence-electron chi connectivity index (χ0n) is 11.3. The summed E-state index contributed by atoms with van der Waals surface area (Å²) in [5, 5.41) is 2.79. The lowest BCUT2D eigenvalue weighted by molar-refractivity contribution is 0.255. The Morgan fingerprint density at radius 2 is 1.72 bits per heavy atom. The van der Waals surface area contributed by atoms with Crippen LogP contribution in [0.25, 0.3) is 10.8 Å². The van der Waals surface area contributed by atoms with Crippen LogP contribution in [0.2, 0.25) is 0 Å². The van der Waals surface area contributed by atoms with Crippen LogP contribution in [0.15, 0.2) is 36.4 Å². The van der Waals surface area contributed by atoms with Crippen molar-refractivity contribution in [2.24, 2.45) is 0 Å². The van der Waals surface area contributed by atoms with E-state index in [2.05, 4.69) is 55.3 Å². The van der Waals surface area contributed by atoms with E-state index in [1.165, 1.54) is 42.3 Å². The molecule has 18 heavy (non-hydrogen) atoms. The van der Waals surface area contributed by atoms with Gasteiger partial charge in [0.25, 0.3) is 0 Å². The second-order valence-corrected chi connectivity index (χ2v) is 5.58. The normalized spacial score (nSPS) is 18.3. The van der Waals surface area contributed by atoms with Crippen LogP contribution in [0.1, 0.15) is 29.9 Å². The molecule has 0 atom stereocenters. The van der Waals surface area contributed by atoms with E-state index in [0.29, 0.717) is 0 Å². The molecule has 0 amide bonds. The summed E-state index contributed by atoms with van der Waals surface area (Å²) < 4.78 is 0. The molecule has 1 aliphatic heterocycles. The van der Waals surface area contributed by atoms with Gasteiger partial charge in [-0.05, 0) is 67.7 Å². The van der Waals surface area contributed by atoms with Gasteiger partial charge < -0.3 is 4.90 Å². The fourth-order valence-corrected chi connectivity index (χ4v) is 3.21. The number of aryl methyl sites for hydroxylation is 1. The van der Waals surface area contributed by atoms with E-state index in [9.17, 15) is 0 Å². The van der Waals surface area contributed by atoms with E-state index in [1.807, 2.05) is 0 Å². The van der Waals surface area contributed by atoms with E-state index < -0.39 is 0 Å². The molecule has 2 aromatic rings. The minimum Gasteiger partial charge on any atom is -0.306 e. The van der Waals surface area contributed by atoms with Gasteiger partial charge in [-0.2, -0.15) is 0 Å². The van der Waals surface area contributed by atoms with Crippen molar-refractivity contribution in [3.05, 3.63) is 47.5 Å². The Morgan fingerprint density at radius 1 is 1.00 bits per heavy atom. The highest BCUT2D eigenvalue weighted by molar-refractivity contribution is 5.86. The molecule has 1 fully saturated rings. The average Bonchev–Trinajstić information content (AvgIpc) is 2.41. The fraction of sp³-hybridized carbons (Fsp3) is 0.412. The molecule has 1 heterocycles. The average molecular weight is 239 g/mol. The number of likely N-dealkylation sites (tertiary alicyclic amines) is 1. The van der Waals surface area contributed by atoms with Crippen molar-refractivity contribution >= 4 is 10.8 Å². The van der Waals surface area contributed by atoms with Gasteiger partial charge in [0, 0.05) is 0 Å². The Balaban J connectivity index is 1.99. The maximum atomic E-state index is 2.44. The molecule has 0 spiro atoms. The molecule has 0 saturated carbocycles. The molecule has 2 aromatic carbocycles. The molecule has 3 rings (SSSR count). The van der Waals surface area contributed by atoms with E-state index in [4.69, 9.17) is 0 Å². The highest BCUT2D eigenvalue weighted by atomic mass is 15.1. The summed E-state index contributed by atoms with van der Waals surface area (Å²) in [6, 6.07) is 13.4. The van der Waals surface area contributed by atoms with Crippen LogP contribution in [-0.2, 0) is 0 Å². The quantitative estimate of drug-likeness (QED) is 0.728. The summed E-state index contributed by atoms with van der Waals surface area (Å²) in [5.41, 5.74) is 3.06. The largest absolute Gasteiger partial charge is 0.306 e. The maximum absolute atomic E-state index is 2.44. The van der Waals surface area contributed by atoms with Crippen molar-refractivity contribution in [1.29, 1.82) is 0 Å². The number of piperidine rings is 1. The Bertz CT molecular complexity index is 551. The SMILES string of the molecule is Cc1c(C2CCN(C)CC2)ccc2ccccc12. The van der Waals surface area contributed by atoms with Crippen LogP contribution in [-0.4, -0.2) is 25.0 Å². The van der Waals surface area contributed by atoms with Gasteiger partial charge in [-0.15, -0.1) is 0 Å². The fourth-order valence-electron chi connectivity index (χ4n) is 3.21. The van der Waals surface area contributed by atoms with Gasteiger partial charge >= 0.3 is 0 Å². The van der Waals surface area contributed by atoms with Gasteiger partial charge in [-0.25, -0.2) is 0 Å². The van der Waals surface area contributed by atoms with E-state index in [1.54, 1.807) is 5.56 Å². The van der Waals surface area contributed by atoms with Gasteiger partial charge in [0.15, 0.2) is 0 Å².